The van der Waals surface area contributed by atoms with Gasteiger partial charge in [0.05, 0.1) is 5.02 Å². The average molecular weight is 304 g/mol. The van der Waals surface area contributed by atoms with Crippen molar-refractivity contribution >= 4 is 11.6 Å². The molecule has 3 rings (SSSR count). The van der Waals surface area contributed by atoms with Crippen LogP contribution in [0.25, 0.3) is 0 Å². The third-order valence-electron chi connectivity index (χ3n) is 3.57. The summed E-state index contributed by atoms with van der Waals surface area (Å²) in [6.07, 6.45) is 0. The summed E-state index contributed by atoms with van der Waals surface area (Å²) in [7, 11) is 0. The van der Waals surface area contributed by atoms with Crippen LogP contribution in [-0.4, -0.2) is 13.2 Å². The molecule has 21 heavy (non-hydrogen) atoms. The number of benzene rings is 2. The van der Waals surface area contributed by atoms with Gasteiger partial charge < -0.3 is 14.8 Å². The van der Waals surface area contributed by atoms with Crippen molar-refractivity contribution in [3.05, 3.63) is 58.6 Å². The predicted molar refractivity (Wildman–Crippen MR) is 84.1 cm³/mol. The van der Waals surface area contributed by atoms with Gasteiger partial charge in [-0.3, -0.25) is 0 Å². The first-order chi connectivity index (χ1) is 10.2. The van der Waals surface area contributed by atoms with E-state index >= 15 is 0 Å². The van der Waals surface area contributed by atoms with Gasteiger partial charge in [0.1, 0.15) is 13.2 Å². The summed E-state index contributed by atoms with van der Waals surface area (Å²) in [6.45, 7) is 4.00. The second kappa shape index (κ2) is 6.37. The van der Waals surface area contributed by atoms with Gasteiger partial charge in [0.25, 0.3) is 0 Å². The molecule has 110 valence electrons. The zero-order valence-corrected chi connectivity index (χ0v) is 12.7. The molecule has 0 amide bonds. The van der Waals surface area contributed by atoms with Crippen molar-refractivity contribution in [3.63, 3.8) is 0 Å². The van der Waals surface area contributed by atoms with Crippen molar-refractivity contribution in [1.29, 1.82) is 0 Å². The van der Waals surface area contributed by atoms with Gasteiger partial charge in [-0.2, -0.15) is 0 Å². The van der Waals surface area contributed by atoms with Gasteiger partial charge >= 0.3 is 0 Å². The van der Waals surface area contributed by atoms with Crippen molar-refractivity contribution in [2.24, 2.45) is 0 Å². The molecular weight excluding hydrogens is 286 g/mol. The van der Waals surface area contributed by atoms with Crippen LogP contribution < -0.4 is 14.8 Å². The molecule has 1 atom stereocenters. The Morgan fingerprint density at radius 2 is 1.90 bits per heavy atom. The van der Waals surface area contributed by atoms with Gasteiger partial charge in [-0.25, -0.2) is 0 Å². The van der Waals surface area contributed by atoms with E-state index in [0.29, 0.717) is 24.0 Å². The molecule has 1 heterocycles. The van der Waals surface area contributed by atoms with E-state index in [1.54, 1.807) is 0 Å². The van der Waals surface area contributed by atoms with Crippen LogP contribution in [0.3, 0.4) is 0 Å². The molecular formula is C17H18ClNO2. The van der Waals surface area contributed by atoms with Crippen LogP contribution in [-0.2, 0) is 6.54 Å². The highest BCUT2D eigenvalue weighted by Crippen LogP contribution is 2.38. The number of hydrogen-bond acceptors (Lipinski definition) is 3. The van der Waals surface area contributed by atoms with Crippen LogP contribution in [0.1, 0.15) is 24.1 Å². The summed E-state index contributed by atoms with van der Waals surface area (Å²) in [5, 5.41) is 4.10. The fourth-order valence-corrected chi connectivity index (χ4v) is 2.68. The smallest absolute Gasteiger partial charge is 0.179 e. The maximum atomic E-state index is 6.25. The Hall–Kier alpha value is -1.71. The lowest BCUT2D eigenvalue weighted by atomic mass is 10.1. The lowest BCUT2D eigenvalue weighted by Gasteiger charge is -2.21. The first kappa shape index (κ1) is 14.2. The summed E-state index contributed by atoms with van der Waals surface area (Å²) in [4.78, 5) is 0. The van der Waals surface area contributed by atoms with E-state index in [2.05, 4.69) is 36.5 Å². The van der Waals surface area contributed by atoms with Gasteiger partial charge in [-0.15, -0.1) is 0 Å². The van der Waals surface area contributed by atoms with Crippen LogP contribution in [0.4, 0.5) is 0 Å². The third kappa shape index (κ3) is 3.31. The molecule has 0 aromatic heterocycles. The highest BCUT2D eigenvalue weighted by molar-refractivity contribution is 6.32. The first-order valence-electron chi connectivity index (χ1n) is 7.10. The second-order valence-electron chi connectivity index (χ2n) is 5.12. The van der Waals surface area contributed by atoms with Gasteiger partial charge in [-0.05, 0) is 30.2 Å². The maximum absolute atomic E-state index is 6.25. The molecule has 2 aromatic carbocycles. The molecule has 1 aliphatic heterocycles. The highest BCUT2D eigenvalue weighted by Gasteiger charge is 2.16. The molecule has 0 radical (unpaired) electrons. The molecule has 0 bridgehead atoms. The van der Waals surface area contributed by atoms with Crippen molar-refractivity contribution in [2.75, 3.05) is 13.2 Å². The Morgan fingerprint density at radius 1 is 1.14 bits per heavy atom. The van der Waals surface area contributed by atoms with E-state index in [0.717, 1.165) is 17.9 Å². The molecule has 0 unspecified atom stereocenters. The first-order valence-corrected chi connectivity index (χ1v) is 7.48. The summed E-state index contributed by atoms with van der Waals surface area (Å²) in [5.74, 6) is 1.39. The number of rotatable bonds is 4. The molecule has 1 aliphatic rings. The fourth-order valence-electron chi connectivity index (χ4n) is 2.40. The zero-order valence-electron chi connectivity index (χ0n) is 11.9. The summed E-state index contributed by atoms with van der Waals surface area (Å²) in [5.41, 5.74) is 2.35. The molecule has 0 fully saturated rings. The van der Waals surface area contributed by atoms with Crippen molar-refractivity contribution < 1.29 is 9.47 Å². The SMILES string of the molecule is C[C@H](NCc1cc(Cl)c2c(c1)OCCO2)c1ccccc1. The Morgan fingerprint density at radius 3 is 2.71 bits per heavy atom. The highest BCUT2D eigenvalue weighted by atomic mass is 35.5. The van der Waals surface area contributed by atoms with Crippen LogP contribution in [0.2, 0.25) is 5.02 Å². The van der Waals surface area contributed by atoms with Crippen LogP contribution in [0, 0.1) is 0 Å². The van der Waals surface area contributed by atoms with Gasteiger partial charge in [0.15, 0.2) is 11.5 Å². The summed E-state index contributed by atoms with van der Waals surface area (Å²) < 4.78 is 11.1. The maximum Gasteiger partial charge on any atom is 0.179 e. The molecule has 4 heteroatoms. The number of nitrogens with one attached hydrogen (secondary N) is 1. The van der Waals surface area contributed by atoms with Gasteiger partial charge in [0, 0.05) is 12.6 Å². The number of halogens is 1. The van der Waals surface area contributed by atoms with E-state index in [-0.39, 0.29) is 6.04 Å². The van der Waals surface area contributed by atoms with E-state index in [1.807, 2.05) is 18.2 Å². The van der Waals surface area contributed by atoms with E-state index < -0.39 is 0 Å². The minimum absolute atomic E-state index is 0.276. The second-order valence-corrected chi connectivity index (χ2v) is 5.52. The number of ether oxygens (including phenoxy) is 2. The fraction of sp³-hybridized carbons (Fsp3) is 0.294. The van der Waals surface area contributed by atoms with E-state index in [1.165, 1.54) is 5.56 Å². The standard InChI is InChI=1S/C17H18ClNO2/c1-12(14-5-3-2-4-6-14)19-11-13-9-15(18)17-16(10-13)20-7-8-21-17/h2-6,9-10,12,19H,7-8,11H2,1H3/t12-/m0/s1. The molecule has 1 N–H and O–H groups in total. The zero-order chi connectivity index (χ0) is 14.7. The topological polar surface area (TPSA) is 30.5 Å². The van der Waals surface area contributed by atoms with Crippen molar-refractivity contribution in [3.8, 4) is 11.5 Å². The average Bonchev–Trinajstić information content (AvgIpc) is 2.53. The summed E-state index contributed by atoms with van der Waals surface area (Å²) in [6, 6.07) is 14.6. The Kier molecular flexibility index (Phi) is 4.32. The molecule has 0 aliphatic carbocycles. The quantitative estimate of drug-likeness (QED) is 0.927. The van der Waals surface area contributed by atoms with E-state index in [4.69, 9.17) is 21.1 Å². The van der Waals surface area contributed by atoms with Crippen molar-refractivity contribution in [1.82, 2.24) is 5.32 Å². The Labute approximate surface area is 129 Å². The molecule has 2 aromatic rings. The number of hydrogen-bond donors (Lipinski definition) is 1. The minimum Gasteiger partial charge on any atom is -0.486 e. The molecule has 0 saturated heterocycles. The predicted octanol–water partition coefficient (Wildman–Crippen LogP) is 3.96. The third-order valence-corrected chi connectivity index (χ3v) is 3.85. The summed E-state index contributed by atoms with van der Waals surface area (Å²) >= 11 is 6.25. The van der Waals surface area contributed by atoms with Gasteiger partial charge in [-0.1, -0.05) is 41.9 Å². The number of fused-ring (bicyclic) bond motifs is 1. The lowest BCUT2D eigenvalue weighted by molar-refractivity contribution is 0.171. The van der Waals surface area contributed by atoms with Crippen LogP contribution in [0.15, 0.2) is 42.5 Å². The van der Waals surface area contributed by atoms with Crippen LogP contribution >= 0.6 is 11.6 Å². The van der Waals surface area contributed by atoms with Gasteiger partial charge in [0.2, 0.25) is 0 Å². The Bertz CT molecular complexity index is 616. The van der Waals surface area contributed by atoms with E-state index in [9.17, 15) is 0 Å². The molecule has 3 nitrogen and oxygen atoms in total. The largest absolute Gasteiger partial charge is 0.486 e. The molecule has 0 saturated carbocycles. The monoisotopic (exact) mass is 303 g/mol. The van der Waals surface area contributed by atoms with Crippen LogP contribution in [0.5, 0.6) is 11.5 Å². The Balaban J connectivity index is 1.69. The normalized spacial score (nSPS) is 14.8. The minimum atomic E-state index is 0.276. The lowest BCUT2D eigenvalue weighted by Crippen LogP contribution is -2.19. The molecule has 0 spiro atoms. The van der Waals surface area contributed by atoms with Crippen molar-refractivity contribution in [2.45, 2.75) is 19.5 Å².